The molecule has 25 heavy (non-hydrogen) atoms. The lowest BCUT2D eigenvalue weighted by Gasteiger charge is -2.30. The first kappa shape index (κ1) is 18.8. The molecule has 2 heterocycles. The van der Waals surface area contributed by atoms with E-state index in [-0.39, 0.29) is 22.4 Å². The molecule has 2 aliphatic rings. The highest BCUT2D eigenvalue weighted by molar-refractivity contribution is 7.90. The third-order valence-electron chi connectivity index (χ3n) is 4.82. The fourth-order valence-corrected chi connectivity index (χ4v) is 6.61. The molecule has 1 atom stereocenters. The van der Waals surface area contributed by atoms with Crippen LogP contribution in [0.1, 0.15) is 32.1 Å². The molecule has 0 saturated carbocycles. The van der Waals surface area contributed by atoms with E-state index in [0.29, 0.717) is 26.1 Å². The summed E-state index contributed by atoms with van der Waals surface area (Å²) in [5, 5.41) is 0. The van der Waals surface area contributed by atoms with Gasteiger partial charge in [0, 0.05) is 32.2 Å². The third-order valence-corrected chi connectivity index (χ3v) is 8.57. The van der Waals surface area contributed by atoms with Crippen LogP contribution in [-0.2, 0) is 20.0 Å². The summed E-state index contributed by atoms with van der Waals surface area (Å²) in [7, 11) is -7.40. The van der Waals surface area contributed by atoms with Gasteiger partial charge >= 0.3 is 0 Å². The number of hydrogen-bond acceptors (Lipinski definition) is 5. The number of hydrogen-bond donors (Lipinski definition) is 1. The van der Waals surface area contributed by atoms with Crippen LogP contribution in [0.25, 0.3) is 0 Å². The quantitative estimate of drug-likeness (QED) is 0.830. The average molecular weight is 388 g/mol. The van der Waals surface area contributed by atoms with Crippen molar-refractivity contribution >= 4 is 20.0 Å². The Morgan fingerprint density at radius 3 is 2.00 bits per heavy atom. The van der Waals surface area contributed by atoms with Gasteiger partial charge in [-0.15, -0.1) is 0 Å². The molecule has 0 aliphatic carbocycles. The average Bonchev–Trinajstić information content (AvgIpc) is 2.62. The van der Waals surface area contributed by atoms with Crippen LogP contribution in [0.5, 0.6) is 0 Å². The highest BCUT2D eigenvalue weighted by atomic mass is 32.2. The molecule has 1 unspecified atom stereocenters. The van der Waals surface area contributed by atoms with Crippen molar-refractivity contribution < 1.29 is 16.8 Å². The monoisotopic (exact) mass is 387 g/mol. The van der Waals surface area contributed by atoms with E-state index < -0.39 is 20.0 Å². The fourth-order valence-electron chi connectivity index (χ4n) is 3.39. The van der Waals surface area contributed by atoms with E-state index in [0.717, 1.165) is 25.7 Å². The normalized spacial score (nSPS) is 24.3. The first-order chi connectivity index (χ1) is 11.8. The van der Waals surface area contributed by atoms with Crippen molar-refractivity contribution in [3.63, 3.8) is 0 Å². The number of benzene rings is 1. The van der Waals surface area contributed by atoms with Crippen LogP contribution in [0.15, 0.2) is 34.1 Å². The SMILES string of the molecule is NC1CCCN(S(=O)(=O)c2cccc(S(=O)(=O)N3CCCCC3)c2)C1. The van der Waals surface area contributed by atoms with E-state index >= 15 is 0 Å². The van der Waals surface area contributed by atoms with Gasteiger partial charge in [-0.3, -0.25) is 0 Å². The van der Waals surface area contributed by atoms with Crippen molar-refractivity contribution in [2.45, 2.75) is 47.9 Å². The molecule has 2 aliphatic heterocycles. The second kappa shape index (κ2) is 7.32. The molecule has 0 amide bonds. The predicted octanol–water partition coefficient (Wildman–Crippen LogP) is 0.973. The van der Waals surface area contributed by atoms with Gasteiger partial charge < -0.3 is 5.73 Å². The van der Waals surface area contributed by atoms with Gasteiger partial charge in [0.2, 0.25) is 20.0 Å². The minimum Gasteiger partial charge on any atom is -0.327 e. The lowest BCUT2D eigenvalue weighted by molar-refractivity contribution is 0.316. The number of rotatable bonds is 4. The minimum absolute atomic E-state index is 0.0136. The highest BCUT2D eigenvalue weighted by Gasteiger charge is 2.31. The summed E-state index contributed by atoms with van der Waals surface area (Å²) in [6.45, 7) is 1.66. The van der Waals surface area contributed by atoms with E-state index in [1.807, 2.05) is 0 Å². The second-order valence-electron chi connectivity index (χ2n) is 6.70. The van der Waals surface area contributed by atoms with Gasteiger partial charge in [-0.05, 0) is 43.9 Å². The molecular formula is C16H25N3O4S2. The van der Waals surface area contributed by atoms with E-state index in [2.05, 4.69) is 0 Å². The zero-order chi connectivity index (χ0) is 18.1. The molecule has 2 N–H and O–H groups in total. The Labute approximate surface area is 149 Å². The molecule has 7 nitrogen and oxygen atoms in total. The van der Waals surface area contributed by atoms with Gasteiger partial charge in [0.25, 0.3) is 0 Å². The maximum absolute atomic E-state index is 12.9. The minimum atomic E-state index is -3.74. The largest absolute Gasteiger partial charge is 0.327 e. The third kappa shape index (κ3) is 3.90. The maximum Gasteiger partial charge on any atom is 0.243 e. The van der Waals surface area contributed by atoms with Gasteiger partial charge in [-0.25, -0.2) is 16.8 Å². The van der Waals surface area contributed by atoms with Crippen molar-refractivity contribution in [1.29, 1.82) is 0 Å². The molecule has 3 rings (SSSR count). The van der Waals surface area contributed by atoms with Crippen molar-refractivity contribution in [1.82, 2.24) is 8.61 Å². The Morgan fingerprint density at radius 2 is 1.40 bits per heavy atom. The summed E-state index contributed by atoms with van der Waals surface area (Å²) in [4.78, 5) is 0.0523. The molecule has 9 heteroatoms. The van der Waals surface area contributed by atoms with Gasteiger partial charge in [0.1, 0.15) is 0 Å². The Kier molecular flexibility index (Phi) is 5.50. The summed E-state index contributed by atoms with van der Waals surface area (Å²) in [6.07, 6.45) is 4.21. The summed E-state index contributed by atoms with van der Waals surface area (Å²) in [5.74, 6) is 0. The molecule has 2 saturated heterocycles. The van der Waals surface area contributed by atoms with Gasteiger partial charge in [-0.1, -0.05) is 12.5 Å². The first-order valence-electron chi connectivity index (χ1n) is 8.68. The molecule has 0 spiro atoms. The molecule has 2 fully saturated rings. The molecule has 0 aromatic heterocycles. The Bertz CT molecular complexity index is 818. The van der Waals surface area contributed by atoms with Crippen LogP contribution in [0.3, 0.4) is 0 Å². The smallest absolute Gasteiger partial charge is 0.243 e. The van der Waals surface area contributed by atoms with Crippen LogP contribution in [-0.4, -0.2) is 57.7 Å². The zero-order valence-corrected chi connectivity index (χ0v) is 15.8. The molecule has 1 aromatic rings. The van der Waals surface area contributed by atoms with Crippen LogP contribution in [0, 0.1) is 0 Å². The van der Waals surface area contributed by atoms with Crippen molar-refractivity contribution in [3.8, 4) is 0 Å². The summed E-state index contributed by atoms with van der Waals surface area (Å²) in [6, 6.07) is 5.51. The van der Waals surface area contributed by atoms with Crippen LogP contribution < -0.4 is 5.73 Å². The lowest BCUT2D eigenvalue weighted by Crippen LogP contribution is -2.45. The van der Waals surface area contributed by atoms with Gasteiger partial charge in [0.05, 0.1) is 9.79 Å². The molecule has 140 valence electrons. The Balaban J connectivity index is 1.90. The van der Waals surface area contributed by atoms with Crippen molar-refractivity contribution in [2.75, 3.05) is 26.2 Å². The highest BCUT2D eigenvalue weighted by Crippen LogP contribution is 2.25. The molecular weight excluding hydrogens is 362 g/mol. The van der Waals surface area contributed by atoms with Crippen LogP contribution in [0.2, 0.25) is 0 Å². The summed E-state index contributed by atoms with van der Waals surface area (Å²) in [5.41, 5.74) is 5.89. The number of piperidine rings is 2. The summed E-state index contributed by atoms with van der Waals surface area (Å²) >= 11 is 0. The van der Waals surface area contributed by atoms with Gasteiger partial charge in [0.15, 0.2) is 0 Å². The van der Waals surface area contributed by atoms with E-state index in [9.17, 15) is 16.8 Å². The fraction of sp³-hybridized carbons (Fsp3) is 0.625. The first-order valence-corrected chi connectivity index (χ1v) is 11.6. The zero-order valence-electron chi connectivity index (χ0n) is 14.2. The Morgan fingerprint density at radius 1 is 0.840 bits per heavy atom. The topological polar surface area (TPSA) is 101 Å². The van der Waals surface area contributed by atoms with Crippen LogP contribution in [0.4, 0.5) is 0 Å². The standard InChI is InChI=1S/C16H25N3O4S2/c17-14-6-5-11-19(13-14)25(22,23)16-8-4-7-15(12-16)24(20,21)18-9-2-1-3-10-18/h4,7-8,12,14H,1-3,5-6,9-11,13,17H2. The summed E-state index contributed by atoms with van der Waals surface area (Å²) < 4.78 is 54.1. The lowest BCUT2D eigenvalue weighted by atomic mass is 10.1. The Hall–Kier alpha value is -1.00. The molecule has 0 radical (unpaired) electrons. The molecule has 1 aromatic carbocycles. The van der Waals surface area contributed by atoms with Gasteiger partial charge in [-0.2, -0.15) is 8.61 Å². The predicted molar refractivity (Wildman–Crippen MR) is 95.0 cm³/mol. The van der Waals surface area contributed by atoms with Crippen molar-refractivity contribution in [3.05, 3.63) is 24.3 Å². The van der Waals surface area contributed by atoms with Crippen LogP contribution >= 0.6 is 0 Å². The molecule has 0 bridgehead atoms. The number of sulfonamides is 2. The van der Waals surface area contributed by atoms with E-state index in [1.165, 1.54) is 32.9 Å². The number of nitrogens with zero attached hydrogens (tertiary/aromatic N) is 2. The van der Waals surface area contributed by atoms with E-state index in [1.54, 1.807) is 0 Å². The second-order valence-corrected chi connectivity index (χ2v) is 10.6. The maximum atomic E-state index is 12.9. The van der Waals surface area contributed by atoms with E-state index in [4.69, 9.17) is 5.73 Å². The van der Waals surface area contributed by atoms with Crippen molar-refractivity contribution in [2.24, 2.45) is 5.73 Å². The number of nitrogens with two attached hydrogens (primary N) is 1.